The van der Waals surface area contributed by atoms with E-state index in [-0.39, 0.29) is 5.78 Å². The third-order valence-electron chi connectivity index (χ3n) is 4.29. The van der Waals surface area contributed by atoms with Crippen molar-refractivity contribution < 1.29 is 4.79 Å². The molecule has 0 saturated heterocycles. The molecule has 0 radical (unpaired) electrons. The zero-order valence-corrected chi connectivity index (χ0v) is 11.7. The quantitative estimate of drug-likeness (QED) is 0.763. The van der Waals surface area contributed by atoms with Gasteiger partial charge >= 0.3 is 0 Å². The first-order chi connectivity index (χ1) is 8.47. The number of rotatable bonds is 3. The standard InChI is InChI=1S/C13H22N4O/c1-10-5-7-13(8-6-10,16(2)3)11(18)12-14-9-15-17(12)4/h9-10H,5-8H2,1-4H3. The second-order valence-electron chi connectivity index (χ2n) is 5.64. The van der Waals surface area contributed by atoms with E-state index in [0.29, 0.717) is 11.7 Å². The van der Waals surface area contributed by atoms with Gasteiger partial charge < -0.3 is 0 Å². The lowest BCUT2D eigenvalue weighted by molar-refractivity contribution is 0.0497. The summed E-state index contributed by atoms with van der Waals surface area (Å²) >= 11 is 0. The molecule has 2 rings (SSSR count). The predicted molar refractivity (Wildman–Crippen MR) is 69.4 cm³/mol. The van der Waals surface area contributed by atoms with Crippen LogP contribution in [0.1, 0.15) is 43.2 Å². The van der Waals surface area contributed by atoms with E-state index in [0.717, 1.165) is 25.7 Å². The van der Waals surface area contributed by atoms with Crippen LogP contribution >= 0.6 is 0 Å². The highest BCUT2D eigenvalue weighted by molar-refractivity contribution is 6.00. The van der Waals surface area contributed by atoms with Crippen LogP contribution in [0.2, 0.25) is 0 Å². The van der Waals surface area contributed by atoms with Gasteiger partial charge in [-0.25, -0.2) is 9.67 Å². The van der Waals surface area contributed by atoms with Gasteiger partial charge in [-0.1, -0.05) is 6.92 Å². The Bertz CT molecular complexity index is 430. The fraction of sp³-hybridized carbons (Fsp3) is 0.769. The van der Waals surface area contributed by atoms with E-state index in [4.69, 9.17) is 0 Å². The van der Waals surface area contributed by atoms with Crippen molar-refractivity contribution in [3.05, 3.63) is 12.2 Å². The highest BCUT2D eigenvalue weighted by Crippen LogP contribution is 2.37. The summed E-state index contributed by atoms with van der Waals surface area (Å²) in [5.74, 6) is 1.29. The summed E-state index contributed by atoms with van der Waals surface area (Å²) in [6.07, 6.45) is 5.46. The monoisotopic (exact) mass is 250 g/mol. The van der Waals surface area contributed by atoms with Crippen LogP contribution in [0.25, 0.3) is 0 Å². The molecule has 1 heterocycles. The summed E-state index contributed by atoms with van der Waals surface area (Å²) in [4.78, 5) is 19.0. The average molecular weight is 250 g/mol. The Hall–Kier alpha value is -1.23. The van der Waals surface area contributed by atoms with E-state index < -0.39 is 5.54 Å². The fourth-order valence-corrected chi connectivity index (χ4v) is 2.83. The van der Waals surface area contributed by atoms with Crippen molar-refractivity contribution in [3.63, 3.8) is 0 Å². The van der Waals surface area contributed by atoms with Crippen LogP contribution in [-0.4, -0.2) is 45.1 Å². The molecule has 0 bridgehead atoms. The molecule has 0 unspecified atom stereocenters. The van der Waals surface area contributed by atoms with Crippen molar-refractivity contribution in [2.45, 2.75) is 38.1 Å². The number of carbonyl (C=O) groups excluding carboxylic acids is 1. The largest absolute Gasteiger partial charge is 0.297 e. The highest BCUT2D eigenvalue weighted by atomic mass is 16.1. The fourth-order valence-electron chi connectivity index (χ4n) is 2.83. The molecule has 1 aliphatic rings. The maximum absolute atomic E-state index is 12.8. The Morgan fingerprint density at radius 1 is 1.44 bits per heavy atom. The van der Waals surface area contributed by atoms with Gasteiger partial charge in [-0.3, -0.25) is 9.69 Å². The van der Waals surface area contributed by atoms with Gasteiger partial charge in [0.05, 0.1) is 5.54 Å². The summed E-state index contributed by atoms with van der Waals surface area (Å²) in [5, 5.41) is 4.00. The van der Waals surface area contributed by atoms with Gasteiger partial charge in [0.2, 0.25) is 5.78 Å². The molecule has 0 spiro atoms. The lowest BCUT2D eigenvalue weighted by atomic mass is 9.73. The number of aryl methyl sites for hydroxylation is 1. The molecule has 5 nitrogen and oxygen atoms in total. The summed E-state index contributed by atoms with van der Waals surface area (Å²) in [6, 6.07) is 0. The van der Waals surface area contributed by atoms with Crippen LogP contribution < -0.4 is 0 Å². The Morgan fingerprint density at radius 3 is 2.50 bits per heavy atom. The smallest absolute Gasteiger partial charge is 0.219 e. The zero-order chi connectivity index (χ0) is 13.3. The van der Waals surface area contributed by atoms with Crippen LogP contribution in [0.15, 0.2) is 6.33 Å². The average Bonchev–Trinajstić information content (AvgIpc) is 2.75. The number of carbonyl (C=O) groups is 1. The number of likely N-dealkylation sites (N-methyl/N-ethyl adjacent to an activating group) is 1. The molecule has 1 aromatic heterocycles. The van der Waals surface area contributed by atoms with Gasteiger partial charge in [-0.2, -0.15) is 5.10 Å². The topological polar surface area (TPSA) is 51.0 Å². The maximum Gasteiger partial charge on any atom is 0.219 e. The minimum Gasteiger partial charge on any atom is -0.297 e. The second kappa shape index (κ2) is 4.80. The van der Waals surface area contributed by atoms with Gasteiger partial charge in [0.15, 0.2) is 5.82 Å². The van der Waals surface area contributed by atoms with Crippen molar-refractivity contribution in [3.8, 4) is 0 Å². The highest BCUT2D eigenvalue weighted by Gasteiger charge is 2.44. The van der Waals surface area contributed by atoms with Crippen LogP contribution in [0.5, 0.6) is 0 Å². The minimum atomic E-state index is -0.396. The van der Waals surface area contributed by atoms with Crippen molar-refractivity contribution in [1.29, 1.82) is 0 Å². The number of Topliss-reactive ketones (excluding diaryl/α,β-unsaturated/α-hetero) is 1. The van der Waals surface area contributed by atoms with Crippen LogP contribution in [0.3, 0.4) is 0 Å². The molecule has 0 atom stereocenters. The van der Waals surface area contributed by atoms with Gasteiger partial charge in [0, 0.05) is 7.05 Å². The molecule has 1 aliphatic carbocycles. The van der Waals surface area contributed by atoms with Crippen LogP contribution in [-0.2, 0) is 7.05 Å². The first kappa shape index (κ1) is 13.2. The Morgan fingerprint density at radius 2 is 2.06 bits per heavy atom. The molecule has 0 aliphatic heterocycles. The molecular formula is C13H22N4O. The normalized spacial score (nSPS) is 28.6. The molecule has 0 N–H and O–H groups in total. The number of hydrogen-bond donors (Lipinski definition) is 0. The van der Waals surface area contributed by atoms with Gasteiger partial charge in [0.1, 0.15) is 6.33 Å². The van der Waals surface area contributed by atoms with Crippen LogP contribution in [0, 0.1) is 5.92 Å². The predicted octanol–water partition coefficient (Wildman–Crippen LogP) is 1.51. The van der Waals surface area contributed by atoms with Gasteiger partial charge in [0.25, 0.3) is 0 Å². The lowest BCUT2D eigenvalue weighted by Gasteiger charge is -2.42. The summed E-state index contributed by atoms with van der Waals surface area (Å²) in [7, 11) is 5.75. The Balaban J connectivity index is 2.31. The molecular weight excluding hydrogens is 228 g/mol. The second-order valence-corrected chi connectivity index (χ2v) is 5.64. The van der Waals surface area contributed by atoms with Gasteiger partial charge in [-0.05, 0) is 45.7 Å². The number of nitrogens with zero attached hydrogens (tertiary/aromatic N) is 4. The number of aromatic nitrogens is 3. The molecule has 1 aromatic rings. The van der Waals surface area contributed by atoms with Crippen molar-refractivity contribution in [2.75, 3.05) is 14.1 Å². The minimum absolute atomic E-state index is 0.111. The van der Waals surface area contributed by atoms with E-state index in [1.54, 1.807) is 11.7 Å². The van der Waals surface area contributed by atoms with Crippen LogP contribution in [0.4, 0.5) is 0 Å². The van der Waals surface area contributed by atoms with E-state index >= 15 is 0 Å². The first-order valence-corrected chi connectivity index (χ1v) is 6.53. The van der Waals surface area contributed by atoms with Crippen molar-refractivity contribution in [1.82, 2.24) is 19.7 Å². The first-order valence-electron chi connectivity index (χ1n) is 6.53. The molecule has 0 aromatic carbocycles. The molecule has 18 heavy (non-hydrogen) atoms. The third-order valence-corrected chi connectivity index (χ3v) is 4.29. The summed E-state index contributed by atoms with van der Waals surface area (Å²) < 4.78 is 1.58. The molecule has 0 amide bonds. The Kier molecular flexibility index (Phi) is 3.52. The van der Waals surface area contributed by atoms with E-state index in [2.05, 4.69) is 21.9 Å². The Labute approximate surface area is 108 Å². The number of ketones is 1. The summed E-state index contributed by atoms with van der Waals surface area (Å²) in [6.45, 7) is 2.26. The molecule has 1 saturated carbocycles. The molecule has 1 fully saturated rings. The summed E-state index contributed by atoms with van der Waals surface area (Å²) in [5.41, 5.74) is -0.396. The van der Waals surface area contributed by atoms with E-state index in [1.807, 2.05) is 14.1 Å². The SMILES string of the molecule is CC1CCC(C(=O)c2ncnn2C)(N(C)C)CC1. The molecule has 100 valence electrons. The van der Waals surface area contributed by atoms with E-state index in [9.17, 15) is 4.79 Å². The number of hydrogen-bond acceptors (Lipinski definition) is 4. The molecule has 5 heteroatoms. The van der Waals surface area contributed by atoms with Gasteiger partial charge in [-0.15, -0.1) is 0 Å². The lowest BCUT2D eigenvalue weighted by Crippen LogP contribution is -2.53. The van der Waals surface area contributed by atoms with E-state index in [1.165, 1.54) is 6.33 Å². The zero-order valence-electron chi connectivity index (χ0n) is 11.7. The van der Waals surface area contributed by atoms with Crippen molar-refractivity contribution >= 4 is 5.78 Å². The van der Waals surface area contributed by atoms with Crippen molar-refractivity contribution in [2.24, 2.45) is 13.0 Å². The maximum atomic E-state index is 12.8. The third kappa shape index (κ3) is 2.07.